The van der Waals surface area contributed by atoms with Gasteiger partial charge in [-0.3, -0.25) is 0 Å². The maximum Gasteiger partial charge on any atom is 0.237 e. The van der Waals surface area contributed by atoms with Crippen LogP contribution in [0.15, 0.2) is 28.9 Å². The van der Waals surface area contributed by atoms with Gasteiger partial charge >= 0.3 is 0 Å². The molecule has 2 aromatic rings. The van der Waals surface area contributed by atoms with E-state index >= 15 is 0 Å². The lowest BCUT2D eigenvalue weighted by Gasteiger charge is -2.07. The molecular formula is C10H4BrCl3N2O. The fourth-order valence-electron chi connectivity index (χ4n) is 1.05. The third kappa shape index (κ3) is 3.22. The predicted octanol–water partition coefficient (Wildman–Crippen LogP) is 4.99. The van der Waals surface area contributed by atoms with Gasteiger partial charge in [0.05, 0.1) is 14.5 Å². The van der Waals surface area contributed by atoms with Gasteiger partial charge in [0.1, 0.15) is 5.75 Å². The third-order valence-electron chi connectivity index (χ3n) is 1.79. The van der Waals surface area contributed by atoms with Crippen molar-refractivity contribution in [2.45, 2.75) is 0 Å². The Bertz CT molecular complexity index is 565. The number of halogens is 4. The molecule has 2 rings (SSSR count). The largest absolute Gasteiger partial charge is 0.438 e. The molecule has 1 aromatic heterocycles. The first-order valence-electron chi connectivity index (χ1n) is 4.37. The lowest BCUT2D eigenvalue weighted by molar-refractivity contribution is 0.458. The van der Waals surface area contributed by atoms with Gasteiger partial charge in [-0.25, -0.2) is 4.98 Å². The van der Waals surface area contributed by atoms with Gasteiger partial charge in [-0.1, -0.05) is 23.2 Å². The second-order valence-corrected chi connectivity index (χ2v) is 4.98. The molecule has 3 nitrogen and oxygen atoms in total. The van der Waals surface area contributed by atoms with Crippen LogP contribution < -0.4 is 4.74 Å². The highest BCUT2D eigenvalue weighted by molar-refractivity contribution is 9.10. The molecule has 0 amide bonds. The summed E-state index contributed by atoms with van der Waals surface area (Å²) in [7, 11) is 0. The molecule has 1 heterocycles. The van der Waals surface area contributed by atoms with Gasteiger partial charge in [0.25, 0.3) is 0 Å². The highest BCUT2D eigenvalue weighted by Gasteiger charge is 2.08. The van der Waals surface area contributed by atoms with Gasteiger partial charge in [-0.15, -0.1) is 0 Å². The van der Waals surface area contributed by atoms with Gasteiger partial charge in [0.15, 0.2) is 0 Å². The van der Waals surface area contributed by atoms with Crippen molar-refractivity contribution in [3.8, 4) is 11.6 Å². The monoisotopic (exact) mass is 352 g/mol. The van der Waals surface area contributed by atoms with Crippen LogP contribution in [0.4, 0.5) is 0 Å². The molecule has 17 heavy (non-hydrogen) atoms. The topological polar surface area (TPSA) is 35.0 Å². The second kappa shape index (κ2) is 5.40. The molecule has 0 atom stereocenters. The molecule has 7 heteroatoms. The smallest absolute Gasteiger partial charge is 0.237 e. The Morgan fingerprint density at radius 2 is 1.88 bits per heavy atom. The molecule has 0 bridgehead atoms. The zero-order valence-electron chi connectivity index (χ0n) is 8.12. The van der Waals surface area contributed by atoms with Crippen molar-refractivity contribution in [2.75, 3.05) is 0 Å². The number of rotatable bonds is 2. The first kappa shape index (κ1) is 12.9. The van der Waals surface area contributed by atoms with Crippen LogP contribution in [0, 0.1) is 0 Å². The van der Waals surface area contributed by atoms with Gasteiger partial charge in [-0.2, -0.15) is 4.98 Å². The van der Waals surface area contributed by atoms with Crippen LogP contribution in [0.1, 0.15) is 0 Å². The summed E-state index contributed by atoms with van der Waals surface area (Å²) in [6.07, 6.45) is 1.50. The summed E-state index contributed by atoms with van der Waals surface area (Å²) in [4.78, 5) is 7.72. The third-order valence-corrected chi connectivity index (χ3v) is 3.25. The Balaban J connectivity index is 2.31. The zero-order valence-corrected chi connectivity index (χ0v) is 12.0. The average molecular weight is 354 g/mol. The quantitative estimate of drug-likeness (QED) is 0.713. The summed E-state index contributed by atoms with van der Waals surface area (Å²) in [5.74, 6) is 0.818. The minimum atomic E-state index is 0.100. The van der Waals surface area contributed by atoms with Gasteiger partial charge in [-0.05, 0) is 39.7 Å². The number of hydrogen-bond donors (Lipinski definition) is 0. The number of ether oxygens (including phenoxy) is 1. The molecule has 0 fully saturated rings. The summed E-state index contributed by atoms with van der Waals surface area (Å²) < 4.78 is 6.09. The molecule has 0 spiro atoms. The molecule has 88 valence electrons. The van der Waals surface area contributed by atoms with E-state index in [0.717, 1.165) is 0 Å². The Labute approximate surface area is 121 Å². The van der Waals surface area contributed by atoms with E-state index in [9.17, 15) is 0 Å². The molecule has 0 radical (unpaired) electrons. The molecule has 0 aliphatic carbocycles. The van der Waals surface area contributed by atoms with Gasteiger partial charge in [0.2, 0.25) is 11.2 Å². The van der Waals surface area contributed by atoms with Crippen molar-refractivity contribution in [1.82, 2.24) is 9.97 Å². The first-order chi connectivity index (χ1) is 8.06. The Morgan fingerprint density at radius 1 is 1.12 bits per heavy atom. The van der Waals surface area contributed by atoms with Crippen molar-refractivity contribution in [3.63, 3.8) is 0 Å². The van der Waals surface area contributed by atoms with Crippen molar-refractivity contribution in [1.29, 1.82) is 0 Å². The van der Waals surface area contributed by atoms with Crippen molar-refractivity contribution < 1.29 is 4.74 Å². The number of benzene rings is 1. The minimum Gasteiger partial charge on any atom is -0.438 e. The van der Waals surface area contributed by atoms with E-state index in [1.807, 2.05) is 0 Å². The minimum absolute atomic E-state index is 0.100. The van der Waals surface area contributed by atoms with Crippen molar-refractivity contribution in [2.24, 2.45) is 0 Å². The maximum absolute atomic E-state index is 5.87. The Morgan fingerprint density at radius 3 is 2.59 bits per heavy atom. The normalized spacial score (nSPS) is 10.4. The summed E-state index contributed by atoms with van der Waals surface area (Å²) in [5.41, 5.74) is 0. The van der Waals surface area contributed by atoms with Gasteiger partial charge in [0, 0.05) is 12.3 Å². The lowest BCUT2D eigenvalue weighted by Crippen LogP contribution is -1.91. The molecule has 0 unspecified atom stereocenters. The summed E-state index contributed by atoms with van der Waals surface area (Å²) >= 11 is 20.6. The van der Waals surface area contributed by atoms with Crippen LogP contribution in [-0.4, -0.2) is 9.97 Å². The summed E-state index contributed by atoms with van der Waals surface area (Å²) in [6, 6.07) is 4.90. The standard InChI is InChI=1S/C10H4BrCl3N2O/c11-6-4-15-10(14)16-9(6)17-5-1-2-7(12)8(13)3-5/h1-4H. The van der Waals surface area contributed by atoms with Crippen LogP contribution in [0.25, 0.3) is 0 Å². The lowest BCUT2D eigenvalue weighted by atomic mass is 10.3. The number of hydrogen-bond acceptors (Lipinski definition) is 3. The second-order valence-electron chi connectivity index (χ2n) is 2.97. The number of aromatic nitrogens is 2. The Kier molecular flexibility index (Phi) is 4.09. The molecular weight excluding hydrogens is 350 g/mol. The van der Waals surface area contributed by atoms with Crippen LogP contribution in [-0.2, 0) is 0 Å². The Hall–Kier alpha value is -0.550. The van der Waals surface area contributed by atoms with E-state index in [1.54, 1.807) is 18.2 Å². The summed E-state index contributed by atoms with van der Waals surface area (Å²) in [6.45, 7) is 0. The first-order valence-corrected chi connectivity index (χ1v) is 6.30. The molecule has 0 saturated heterocycles. The summed E-state index contributed by atoms with van der Waals surface area (Å²) in [5, 5.41) is 0.961. The molecule has 1 aromatic carbocycles. The van der Waals surface area contributed by atoms with E-state index in [2.05, 4.69) is 25.9 Å². The van der Waals surface area contributed by atoms with Crippen LogP contribution in [0.2, 0.25) is 15.3 Å². The molecule has 0 saturated carbocycles. The fourth-order valence-corrected chi connectivity index (χ4v) is 1.74. The average Bonchev–Trinajstić information content (AvgIpc) is 2.29. The van der Waals surface area contributed by atoms with E-state index in [0.29, 0.717) is 26.1 Å². The number of nitrogens with zero attached hydrogens (tertiary/aromatic N) is 2. The van der Waals surface area contributed by atoms with Crippen LogP contribution >= 0.6 is 50.7 Å². The van der Waals surface area contributed by atoms with Gasteiger partial charge < -0.3 is 4.74 Å². The van der Waals surface area contributed by atoms with E-state index in [4.69, 9.17) is 39.5 Å². The highest BCUT2D eigenvalue weighted by Crippen LogP contribution is 2.31. The predicted molar refractivity (Wildman–Crippen MR) is 71.3 cm³/mol. The van der Waals surface area contributed by atoms with Crippen LogP contribution in [0.3, 0.4) is 0 Å². The molecule has 0 N–H and O–H groups in total. The zero-order chi connectivity index (χ0) is 12.4. The highest BCUT2D eigenvalue weighted by atomic mass is 79.9. The van der Waals surface area contributed by atoms with Crippen molar-refractivity contribution >= 4 is 50.7 Å². The van der Waals surface area contributed by atoms with Crippen molar-refractivity contribution in [3.05, 3.63) is 44.2 Å². The molecule has 0 aliphatic rings. The van der Waals surface area contributed by atoms with E-state index in [1.165, 1.54) is 6.20 Å². The molecule has 0 aliphatic heterocycles. The van der Waals surface area contributed by atoms with E-state index in [-0.39, 0.29) is 5.28 Å². The van der Waals surface area contributed by atoms with E-state index < -0.39 is 0 Å². The maximum atomic E-state index is 5.87. The SMILES string of the molecule is Clc1ncc(Br)c(Oc2ccc(Cl)c(Cl)c2)n1. The van der Waals surface area contributed by atoms with Crippen LogP contribution in [0.5, 0.6) is 11.6 Å². The fraction of sp³-hybridized carbons (Fsp3) is 0.